The Kier molecular flexibility index (Phi) is 5.57. The van der Waals surface area contributed by atoms with E-state index in [4.69, 9.17) is 0 Å². The first-order valence-corrected chi connectivity index (χ1v) is 3.53. The standard InChI is InChI=1S/C10H14/c1-4-6-7-9-10(3)8-5-2/h4,6-7,9-10H,1-3H3/b6-4-,9-7?. The molecule has 0 amide bonds. The van der Waals surface area contributed by atoms with E-state index in [9.17, 15) is 0 Å². The lowest BCUT2D eigenvalue weighted by atomic mass is 10.2. The zero-order valence-electron chi connectivity index (χ0n) is 6.89. The van der Waals surface area contributed by atoms with Crippen LogP contribution in [-0.2, 0) is 0 Å². The number of hydrogen-bond acceptors (Lipinski definition) is 0. The SMILES string of the molecule is CC#CC(C)C=C/C=C\C. The summed E-state index contributed by atoms with van der Waals surface area (Å²) in [6.07, 6.45) is 8.11. The van der Waals surface area contributed by atoms with Gasteiger partial charge in [-0.15, -0.1) is 5.92 Å². The molecular formula is C10H14. The number of allylic oxidation sites excluding steroid dienone is 4. The van der Waals surface area contributed by atoms with Crippen LogP contribution >= 0.6 is 0 Å². The van der Waals surface area contributed by atoms with E-state index in [0.29, 0.717) is 5.92 Å². The van der Waals surface area contributed by atoms with Gasteiger partial charge in [0.2, 0.25) is 0 Å². The molecule has 0 aliphatic rings. The Labute approximate surface area is 63.6 Å². The molecule has 0 saturated carbocycles. The van der Waals surface area contributed by atoms with E-state index in [1.165, 1.54) is 0 Å². The minimum absolute atomic E-state index is 0.376. The second kappa shape index (κ2) is 6.16. The molecule has 0 spiro atoms. The third-order valence-corrected chi connectivity index (χ3v) is 1.08. The van der Waals surface area contributed by atoms with Crippen LogP contribution in [0.2, 0.25) is 0 Å². The first-order valence-electron chi connectivity index (χ1n) is 3.53. The quantitative estimate of drug-likeness (QED) is 0.402. The molecule has 54 valence electrons. The summed E-state index contributed by atoms with van der Waals surface area (Å²) in [6.45, 7) is 5.94. The zero-order valence-corrected chi connectivity index (χ0v) is 6.89. The summed E-state index contributed by atoms with van der Waals surface area (Å²) in [5.74, 6) is 6.28. The third kappa shape index (κ3) is 5.18. The summed E-state index contributed by atoms with van der Waals surface area (Å²) in [7, 11) is 0. The average molecular weight is 134 g/mol. The van der Waals surface area contributed by atoms with Gasteiger partial charge in [-0.25, -0.2) is 0 Å². The van der Waals surface area contributed by atoms with Crippen LogP contribution in [0.15, 0.2) is 24.3 Å². The Morgan fingerprint density at radius 2 is 2.00 bits per heavy atom. The lowest BCUT2D eigenvalue weighted by Gasteiger charge is -1.89. The second-order valence-electron chi connectivity index (χ2n) is 2.09. The Morgan fingerprint density at radius 1 is 1.30 bits per heavy atom. The van der Waals surface area contributed by atoms with Gasteiger partial charge in [-0.2, -0.15) is 0 Å². The van der Waals surface area contributed by atoms with E-state index in [0.717, 1.165) is 0 Å². The summed E-state index contributed by atoms with van der Waals surface area (Å²) in [5.41, 5.74) is 0. The molecule has 0 heteroatoms. The average Bonchev–Trinajstić information content (AvgIpc) is 1.89. The fourth-order valence-electron chi connectivity index (χ4n) is 0.618. The van der Waals surface area contributed by atoms with E-state index < -0.39 is 0 Å². The van der Waals surface area contributed by atoms with E-state index >= 15 is 0 Å². The van der Waals surface area contributed by atoms with Crippen LogP contribution in [0, 0.1) is 17.8 Å². The molecular weight excluding hydrogens is 120 g/mol. The van der Waals surface area contributed by atoms with Gasteiger partial charge in [0.25, 0.3) is 0 Å². The fourth-order valence-corrected chi connectivity index (χ4v) is 0.618. The summed E-state index contributed by atoms with van der Waals surface area (Å²) >= 11 is 0. The molecule has 1 atom stereocenters. The first kappa shape index (κ1) is 9.04. The van der Waals surface area contributed by atoms with E-state index in [1.807, 2.05) is 32.1 Å². The molecule has 0 nitrogen and oxygen atoms in total. The molecule has 0 fully saturated rings. The molecule has 0 bridgehead atoms. The van der Waals surface area contributed by atoms with Crippen molar-refractivity contribution in [3.05, 3.63) is 24.3 Å². The van der Waals surface area contributed by atoms with Gasteiger partial charge in [-0.1, -0.05) is 30.2 Å². The van der Waals surface area contributed by atoms with Crippen LogP contribution in [-0.4, -0.2) is 0 Å². The van der Waals surface area contributed by atoms with Crippen molar-refractivity contribution in [1.82, 2.24) is 0 Å². The summed E-state index contributed by atoms with van der Waals surface area (Å²) in [4.78, 5) is 0. The van der Waals surface area contributed by atoms with Crippen LogP contribution in [0.1, 0.15) is 20.8 Å². The second-order valence-corrected chi connectivity index (χ2v) is 2.09. The van der Waals surface area contributed by atoms with Crippen LogP contribution < -0.4 is 0 Å². The van der Waals surface area contributed by atoms with Crippen molar-refractivity contribution in [3.63, 3.8) is 0 Å². The van der Waals surface area contributed by atoms with Crippen LogP contribution in [0.3, 0.4) is 0 Å². The molecule has 1 unspecified atom stereocenters. The molecule has 0 rings (SSSR count). The van der Waals surface area contributed by atoms with Crippen molar-refractivity contribution < 1.29 is 0 Å². The lowest BCUT2D eigenvalue weighted by Crippen LogP contribution is -1.80. The minimum atomic E-state index is 0.376. The molecule has 0 heterocycles. The van der Waals surface area contributed by atoms with Gasteiger partial charge >= 0.3 is 0 Å². The number of rotatable bonds is 2. The van der Waals surface area contributed by atoms with Crippen molar-refractivity contribution in [1.29, 1.82) is 0 Å². The maximum Gasteiger partial charge on any atom is 0.0357 e. The molecule has 0 aromatic carbocycles. The normalized spacial score (nSPS) is 13.5. The summed E-state index contributed by atoms with van der Waals surface area (Å²) in [5, 5.41) is 0. The Bertz CT molecular complexity index is 174. The monoisotopic (exact) mass is 134 g/mol. The van der Waals surface area contributed by atoms with Crippen molar-refractivity contribution in [3.8, 4) is 11.8 Å². The Balaban J connectivity index is 3.73. The third-order valence-electron chi connectivity index (χ3n) is 1.08. The van der Waals surface area contributed by atoms with E-state index in [2.05, 4.69) is 24.8 Å². The topological polar surface area (TPSA) is 0 Å². The summed E-state index contributed by atoms with van der Waals surface area (Å²) in [6, 6.07) is 0. The highest BCUT2D eigenvalue weighted by atomic mass is 13.9. The van der Waals surface area contributed by atoms with Gasteiger partial charge in [-0.05, 0) is 20.8 Å². The Hall–Kier alpha value is -0.960. The minimum Gasteiger partial charge on any atom is -0.106 e. The van der Waals surface area contributed by atoms with E-state index in [-0.39, 0.29) is 0 Å². The molecule has 0 radical (unpaired) electrons. The molecule has 0 aromatic rings. The molecule has 0 aliphatic carbocycles. The van der Waals surface area contributed by atoms with Gasteiger partial charge < -0.3 is 0 Å². The van der Waals surface area contributed by atoms with Crippen molar-refractivity contribution in [2.45, 2.75) is 20.8 Å². The van der Waals surface area contributed by atoms with Crippen molar-refractivity contribution >= 4 is 0 Å². The fraction of sp³-hybridized carbons (Fsp3) is 0.400. The smallest absolute Gasteiger partial charge is 0.0357 e. The zero-order chi connectivity index (χ0) is 7.82. The molecule has 0 aromatic heterocycles. The van der Waals surface area contributed by atoms with Crippen LogP contribution in [0.5, 0.6) is 0 Å². The van der Waals surface area contributed by atoms with Gasteiger partial charge in [-0.3, -0.25) is 0 Å². The first-order chi connectivity index (χ1) is 4.81. The predicted octanol–water partition coefficient (Wildman–Crippen LogP) is 2.78. The highest BCUT2D eigenvalue weighted by molar-refractivity contribution is 5.11. The molecule has 0 aliphatic heterocycles. The Morgan fingerprint density at radius 3 is 2.50 bits per heavy atom. The molecule has 10 heavy (non-hydrogen) atoms. The maximum atomic E-state index is 3.03. The molecule has 0 saturated heterocycles. The highest BCUT2D eigenvalue weighted by Gasteiger charge is 1.83. The van der Waals surface area contributed by atoms with Gasteiger partial charge in [0.1, 0.15) is 0 Å². The number of hydrogen-bond donors (Lipinski definition) is 0. The predicted molar refractivity (Wildman–Crippen MR) is 46.6 cm³/mol. The molecule has 0 N–H and O–H groups in total. The van der Waals surface area contributed by atoms with Gasteiger partial charge in [0.05, 0.1) is 0 Å². The van der Waals surface area contributed by atoms with E-state index in [1.54, 1.807) is 0 Å². The van der Waals surface area contributed by atoms with Crippen molar-refractivity contribution in [2.75, 3.05) is 0 Å². The van der Waals surface area contributed by atoms with Crippen LogP contribution in [0.25, 0.3) is 0 Å². The van der Waals surface area contributed by atoms with Crippen molar-refractivity contribution in [2.24, 2.45) is 5.92 Å². The maximum absolute atomic E-state index is 3.03. The largest absolute Gasteiger partial charge is 0.106 e. The van der Waals surface area contributed by atoms with Gasteiger partial charge in [0, 0.05) is 5.92 Å². The van der Waals surface area contributed by atoms with Gasteiger partial charge in [0.15, 0.2) is 0 Å². The highest BCUT2D eigenvalue weighted by Crippen LogP contribution is 1.93. The summed E-state index contributed by atoms with van der Waals surface area (Å²) < 4.78 is 0. The lowest BCUT2D eigenvalue weighted by molar-refractivity contribution is 0.980. The van der Waals surface area contributed by atoms with Crippen LogP contribution in [0.4, 0.5) is 0 Å².